The molecule has 0 saturated heterocycles. The van der Waals surface area contributed by atoms with E-state index in [1.54, 1.807) is 0 Å². The molecule has 1 unspecified atom stereocenters. The number of ketones is 1. The van der Waals surface area contributed by atoms with Crippen LogP contribution in [0.15, 0.2) is 18.2 Å². The number of aryl methyl sites for hydroxylation is 1. The molecule has 0 fully saturated rings. The number of hydrogen-bond donors (Lipinski definition) is 0. The van der Waals surface area contributed by atoms with Gasteiger partial charge < -0.3 is 0 Å². The fraction of sp³-hybridized carbons (Fsp3) is 0.300. The topological polar surface area (TPSA) is 17.1 Å². The molecule has 1 aromatic carbocycles. The lowest BCUT2D eigenvalue weighted by Crippen LogP contribution is -2.23. The Balaban J connectivity index is 2.50. The number of carbonyl (C=O) groups is 1. The number of hydrogen-bond acceptors (Lipinski definition) is 1. The van der Waals surface area contributed by atoms with Crippen LogP contribution >= 0.6 is 0 Å². The largest absolute Gasteiger partial charge is 0.291 e. The van der Waals surface area contributed by atoms with Crippen LogP contribution in [0.5, 0.6) is 0 Å². The number of rotatable bonds is 0. The Kier molecular flexibility index (Phi) is 1.87. The van der Waals surface area contributed by atoms with Crippen molar-refractivity contribution < 1.29 is 13.6 Å². The summed E-state index contributed by atoms with van der Waals surface area (Å²) in [5.74, 6) is -0.884. The molecule has 0 aromatic heterocycles. The summed E-state index contributed by atoms with van der Waals surface area (Å²) < 4.78 is 25.6. The van der Waals surface area contributed by atoms with Crippen LogP contribution in [-0.2, 0) is 6.42 Å². The van der Waals surface area contributed by atoms with E-state index in [0.717, 1.165) is 0 Å². The van der Waals surface area contributed by atoms with E-state index in [2.05, 4.69) is 0 Å². The molecule has 0 N–H and O–H groups in total. The van der Waals surface area contributed by atoms with E-state index in [0.29, 0.717) is 17.5 Å². The van der Waals surface area contributed by atoms with Crippen molar-refractivity contribution in [2.24, 2.45) is 0 Å². The molecule has 0 amide bonds. The predicted octanol–water partition coefficient (Wildman–Crippen LogP) is 2.29. The summed E-state index contributed by atoms with van der Waals surface area (Å²) in [6, 6.07) is 3.85. The van der Waals surface area contributed by atoms with Crippen LogP contribution in [0.25, 0.3) is 0 Å². The highest BCUT2D eigenvalue weighted by molar-refractivity contribution is 6.01. The summed E-state index contributed by atoms with van der Waals surface area (Å²) in [6.07, 6.45) is -0.784. The molecule has 2 rings (SSSR count). The molecule has 0 radical (unpaired) electrons. The second-order valence-electron chi connectivity index (χ2n) is 3.17. The Morgan fingerprint density at radius 2 is 2.15 bits per heavy atom. The first-order valence-electron chi connectivity index (χ1n) is 4.15. The van der Waals surface area contributed by atoms with Gasteiger partial charge in [-0.2, -0.15) is 0 Å². The number of benzene rings is 1. The maximum absolute atomic E-state index is 12.9. The van der Waals surface area contributed by atoms with Crippen molar-refractivity contribution >= 4 is 5.78 Å². The number of halogens is 2. The zero-order valence-corrected chi connectivity index (χ0v) is 6.89. The second kappa shape index (κ2) is 2.91. The molecule has 13 heavy (non-hydrogen) atoms. The number of alkyl halides is 1. The Morgan fingerprint density at radius 3 is 2.92 bits per heavy atom. The molecule has 1 nitrogen and oxygen atoms in total. The number of fused-ring (bicyclic) bond motifs is 1. The fourth-order valence-corrected chi connectivity index (χ4v) is 1.59. The Bertz CT molecular complexity index is 360. The van der Waals surface area contributed by atoms with Gasteiger partial charge in [0, 0.05) is 5.56 Å². The zero-order chi connectivity index (χ0) is 9.42. The minimum atomic E-state index is -1.40. The third-order valence-corrected chi connectivity index (χ3v) is 2.28. The summed E-state index contributed by atoms with van der Waals surface area (Å²) in [6.45, 7) is 0. The first kappa shape index (κ1) is 8.35. The van der Waals surface area contributed by atoms with Crippen LogP contribution in [-0.4, -0.2) is 12.0 Å². The molecule has 3 heteroatoms. The number of Topliss-reactive ketones (excluding diaryl/α,β-unsaturated/α-hetero) is 1. The van der Waals surface area contributed by atoms with Gasteiger partial charge in [0.2, 0.25) is 0 Å². The van der Waals surface area contributed by atoms with Crippen LogP contribution in [0, 0.1) is 5.82 Å². The van der Waals surface area contributed by atoms with Gasteiger partial charge in [0.25, 0.3) is 0 Å². The van der Waals surface area contributed by atoms with E-state index in [4.69, 9.17) is 0 Å². The minimum Gasteiger partial charge on any atom is -0.291 e. The van der Waals surface area contributed by atoms with Crippen molar-refractivity contribution in [3.8, 4) is 0 Å². The average molecular weight is 182 g/mol. The molecule has 0 heterocycles. The van der Waals surface area contributed by atoms with E-state index in [1.807, 2.05) is 0 Å². The first-order chi connectivity index (χ1) is 6.18. The highest BCUT2D eigenvalue weighted by Crippen LogP contribution is 2.23. The molecule has 0 saturated carbocycles. The Morgan fingerprint density at radius 1 is 1.38 bits per heavy atom. The SMILES string of the molecule is O=C1c2ccc(F)cc2CCC1F. The van der Waals surface area contributed by atoms with Crippen molar-refractivity contribution in [1.82, 2.24) is 0 Å². The quantitative estimate of drug-likeness (QED) is 0.601. The molecule has 1 aromatic rings. The van der Waals surface area contributed by atoms with Crippen LogP contribution < -0.4 is 0 Å². The maximum Gasteiger partial charge on any atom is 0.197 e. The monoisotopic (exact) mass is 182 g/mol. The molecule has 1 aliphatic carbocycles. The van der Waals surface area contributed by atoms with Crippen LogP contribution in [0.3, 0.4) is 0 Å². The average Bonchev–Trinajstić information content (AvgIpc) is 2.12. The van der Waals surface area contributed by atoms with Gasteiger partial charge in [0.05, 0.1) is 0 Å². The lowest BCUT2D eigenvalue weighted by molar-refractivity contribution is 0.0856. The van der Waals surface area contributed by atoms with Crippen molar-refractivity contribution in [3.63, 3.8) is 0 Å². The normalized spacial score (nSPS) is 21.4. The molecule has 0 bridgehead atoms. The van der Waals surface area contributed by atoms with E-state index in [-0.39, 0.29) is 12.2 Å². The fourth-order valence-electron chi connectivity index (χ4n) is 1.59. The van der Waals surface area contributed by atoms with Gasteiger partial charge in [-0.05, 0) is 36.6 Å². The molecular weight excluding hydrogens is 174 g/mol. The molecule has 1 aliphatic rings. The van der Waals surface area contributed by atoms with Gasteiger partial charge in [-0.15, -0.1) is 0 Å². The Labute approximate surface area is 74.4 Å². The molecular formula is C10H8F2O. The third kappa shape index (κ3) is 1.34. The summed E-state index contributed by atoms with van der Waals surface area (Å²) in [4.78, 5) is 11.2. The van der Waals surface area contributed by atoms with E-state index >= 15 is 0 Å². The van der Waals surface area contributed by atoms with Crippen molar-refractivity contribution in [3.05, 3.63) is 35.1 Å². The summed E-state index contributed by atoms with van der Waals surface area (Å²) in [7, 11) is 0. The van der Waals surface area contributed by atoms with Gasteiger partial charge in [0.1, 0.15) is 5.82 Å². The summed E-state index contributed by atoms with van der Waals surface area (Å²) in [5, 5.41) is 0. The van der Waals surface area contributed by atoms with Gasteiger partial charge in [-0.3, -0.25) is 4.79 Å². The van der Waals surface area contributed by atoms with Gasteiger partial charge in [0.15, 0.2) is 12.0 Å². The van der Waals surface area contributed by atoms with Crippen molar-refractivity contribution in [1.29, 1.82) is 0 Å². The molecule has 0 aliphatic heterocycles. The van der Waals surface area contributed by atoms with Crippen molar-refractivity contribution in [2.45, 2.75) is 19.0 Å². The van der Waals surface area contributed by atoms with Crippen LogP contribution in [0.1, 0.15) is 22.3 Å². The van der Waals surface area contributed by atoms with Crippen LogP contribution in [0.2, 0.25) is 0 Å². The standard InChI is InChI=1S/C10H8F2O/c11-7-2-3-8-6(5-7)1-4-9(12)10(8)13/h2-3,5,9H,1,4H2. The third-order valence-electron chi connectivity index (χ3n) is 2.28. The highest BCUT2D eigenvalue weighted by atomic mass is 19.1. The van der Waals surface area contributed by atoms with E-state index in [1.165, 1.54) is 18.2 Å². The summed E-state index contributed by atoms with van der Waals surface area (Å²) in [5.41, 5.74) is 0.957. The lowest BCUT2D eigenvalue weighted by atomic mass is 9.89. The molecule has 0 spiro atoms. The van der Waals surface area contributed by atoms with Crippen molar-refractivity contribution in [2.75, 3.05) is 0 Å². The highest BCUT2D eigenvalue weighted by Gasteiger charge is 2.26. The van der Waals surface area contributed by atoms with E-state index in [9.17, 15) is 13.6 Å². The zero-order valence-electron chi connectivity index (χ0n) is 6.89. The number of carbonyl (C=O) groups excluding carboxylic acids is 1. The smallest absolute Gasteiger partial charge is 0.197 e. The van der Waals surface area contributed by atoms with Gasteiger partial charge in [-0.25, -0.2) is 8.78 Å². The van der Waals surface area contributed by atoms with Gasteiger partial charge >= 0.3 is 0 Å². The van der Waals surface area contributed by atoms with Crippen LogP contribution in [0.4, 0.5) is 8.78 Å². The van der Waals surface area contributed by atoms with Gasteiger partial charge in [-0.1, -0.05) is 0 Å². The van der Waals surface area contributed by atoms with E-state index < -0.39 is 12.0 Å². The summed E-state index contributed by atoms with van der Waals surface area (Å²) >= 11 is 0. The second-order valence-corrected chi connectivity index (χ2v) is 3.17. The Hall–Kier alpha value is -1.25. The molecule has 68 valence electrons. The maximum atomic E-state index is 12.9. The lowest BCUT2D eigenvalue weighted by Gasteiger charge is -2.17. The first-order valence-corrected chi connectivity index (χ1v) is 4.15. The predicted molar refractivity (Wildman–Crippen MR) is 43.9 cm³/mol. The molecule has 1 atom stereocenters. The minimum absolute atomic E-state index is 0.176.